The van der Waals surface area contributed by atoms with E-state index in [-0.39, 0.29) is 0 Å². The number of hydrogen-bond donors (Lipinski definition) is 1. The van der Waals surface area contributed by atoms with Gasteiger partial charge in [0.15, 0.2) is 0 Å². The molecule has 2 aliphatic rings. The maximum atomic E-state index is 10.3. The number of carbonyl (C=O) groups is 2. The predicted molar refractivity (Wildman–Crippen MR) is 114 cm³/mol. The van der Waals surface area contributed by atoms with Gasteiger partial charge in [-0.05, 0) is 70.4 Å². The normalized spacial score (nSPS) is 27.2. The first-order valence-corrected chi connectivity index (χ1v) is 10.9. The molecule has 2 saturated carbocycles. The largest absolute Gasteiger partial charge is 0.381 e. The zero-order valence-electron chi connectivity index (χ0n) is 18.0. The Kier molecular flexibility index (Phi) is 17.7. The van der Waals surface area contributed by atoms with Crippen molar-refractivity contribution in [3.05, 3.63) is 12.7 Å². The average molecular weight is 382 g/mol. The lowest BCUT2D eigenvalue weighted by atomic mass is 9.84. The summed E-state index contributed by atoms with van der Waals surface area (Å²) in [6.45, 7) is 5.39. The lowest BCUT2D eigenvalue weighted by Crippen LogP contribution is -2.30. The Hall–Kier alpha value is -1.00. The second-order valence-corrected chi connectivity index (χ2v) is 7.78. The molecule has 2 fully saturated rings. The summed E-state index contributed by atoms with van der Waals surface area (Å²) in [4.78, 5) is 19.4. The molecule has 0 aromatic carbocycles. The number of allylic oxidation sites excluding steroid dienone is 1. The predicted octanol–water partition coefficient (Wildman–Crippen LogP) is 5.11. The van der Waals surface area contributed by atoms with Crippen molar-refractivity contribution in [3.63, 3.8) is 0 Å². The van der Waals surface area contributed by atoms with Gasteiger partial charge in [0.1, 0.15) is 12.6 Å². The summed E-state index contributed by atoms with van der Waals surface area (Å²) in [5, 5.41) is 3.23. The molecule has 0 aromatic rings. The van der Waals surface area contributed by atoms with Gasteiger partial charge in [-0.25, -0.2) is 0 Å². The summed E-state index contributed by atoms with van der Waals surface area (Å²) in [5.41, 5.74) is 0. The van der Waals surface area contributed by atoms with Crippen molar-refractivity contribution in [3.8, 4) is 0 Å². The van der Waals surface area contributed by atoms with Gasteiger partial charge in [0.25, 0.3) is 0 Å². The highest BCUT2D eigenvalue weighted by atomic mass is 16.5. The number of aldehydes is 2. The third-order valence-electron chi connectivity index (χ3n) is 5.81. The Morgan fingerprint density at radius 1 is 1.00 bits per heavy atom. The minimum absolute atomic E-state index is 0.351. The Bertz CT molecular complexity index is 348. The SMILES string of the molecule is C=CC=O.CCCCCC1CCC(OC)CC1.CNC1CCC(C=O)CC1. The standard InChI is InChI=1S/C12H24O.C8H15NO.C3H4O/c1-3-4-5-6-11-7-9-12(13-2)10-8-11;1-9-8-4-2-7(6-10)3-5-8;1-2-3-4/h11-12H,3-10H2,1-2H3;6-9H,2-5H2,1H3;2-3H,1H2. The van der Waals surface area contributed by atoms with E-state index in [1.54, 1.807) is 0 Å². The van der Waals surface area contributed by atoms with E-state index >= 15 is 0 Å². The first kappa shape index (κ1) is 26.0. The van der Waals surface area contributed by atoms with Crippen LogP contribution in [-0.4, -0.2) is 38.9 Å². The van der Waals surface area contributed by atoms with Crippen LogP contribution in [0.1, 0.15) is 84.0 Å². The Balaban J connectivity index is 0.000000428. The lowest BCUT2D eigenvalue weighted by molar-refractivity contribution is -0.112. The molecule has 4 nitrogen and oxygen atoms in total. The van der Waals surface area contributed by atoms with E-state index in [1.807, 2.05) is 14.2 Å². The van der Waals surface area contributed by atoms with Crippen LogP contribution in [0, 0.1) is 11.8 Å². The average Bonchev–Trinajstić information content (AvgIpc) is 2.75. The van der Waals surface area contributed by atoms with E-state index in [1.165, 1.54) is 70.3 Å². The van der Waals surface area contributed by atoms with Crippen LogP contribution in [-0.2, 0) is 14.3 Å². The van der Waals surface area contributed by atoms with Crippen LogP contribution < -0.4 is 5.32 Å². The minimum atomic E-state index is 0.351. The van der Waals surface area contributed by atoms with E-state index in [9.17, 15) is 4.79 Å². The summed E-state index contributed by atoms with van der Waals surface area (Å²) in [6, 6.07) is 0.663. The van der Waals surface area contributed by atoms with Crippen molar-refractivity contribution in [2.24, 2.45) is 11.8 Å². The number of unbranched alkanes of at least 4 members (excludes halogenated alkanes) is 2. The molecule has 4 heteroatoms. The van der Waals surface area contributed by atoms with Gasteiger partial charge in [-0.3, -0.25) is 4.79 Å². The summed E-state index contributed by atoms with van der Waals surface area (Å²) in [7, 11) is 3.84. The molecular weight excluding hydrogens is 338 g/mol. The van der Waals surface area contributed by atoms with E-state index < -0.39 is 0 Å². The monoisotopic (exact) mass is 381 g/mol. The molecule has 1 N–H and O–H groups in total. The first-order valence-electron chi connectivity index (χ1n) is 10.9. The molecule has 0 atom stereocenters. The Labute approximate surface area is 167 Å². The number of nitrogens with one attached hydrogen (secondary N) is 1. The third-order valence-corrected chi connectivity index (χ3v) is 5.81. The Morgan fingerprint density at radius 3 is 2.00 bits per heavy atom. The Morgan fingerprint density at radius 2 is 1.59 bits per heavy atom. The fourth-order valence-electron chi connectivity index (χ4n) is 3.88. The van der Waals surface area contributed by atoms with Crippen molar-refractivity contribution in [2.45, 2.75) is 96.1 Å². The van der Waals surface area contributed by atoms with Crippen molar-refractivity contribution in [2.75, 3.05) is 14.2 Å². The summed E-state index contributed by atoms with van der Waals surface area (Å²) in [6.07, 6.45) is 19.1. The maximum Gasteiger partial charge on any atom is 0.142 e. The molecule has 0 radical (unpaired) electrons. The van der Waals surface area contributed by atoms with E-state index in [4.69, 9.17) is 9.53 Å². The summed E-state index contributed by atoms with van der Waals surface area (Å²) < 4.78 is 5.37. The zero-order valence-corrected chi connectivity index (χ0v) is 18.0. The molecule has 0 bridgehead atoms. The lowest BCUT2D eigenvalue weighted by Gasteiger charge is -2.27. The van der Waals surface area contributed by atoms with Crippen LogP contribution in [0.5, 0.6) is 0 Å². The molecule has 0 aliphatic heterocycles. The zero-order chi connectivity index (χ0) is 20.3. The van der Waals surface area contributed by atoms with E-state index in [0.29, 0.717) is 24.3 Å². The number of rotatable bonds is 8. The van der Waals surface area contributed by atoms with E-state index in [2.05, 4.69) is 18.8 Å². The number of ether oxygens (including phenoxy) is 1. The van der Waals surface area contributed by atoms with E-state index in [0.717, 1.165) is 25.0 Å². The van der Waals surface area contributed by atoms with Gasteiger partial charge in [0.05, 0.1) is 6.10 Å². The van der Waals surface area contributed by atoms with Gasteiger partial charge in [0.2, 0.25) is 0 Å². The van der Waals surface area contributed by atoms with Crippen LogP contribution >= 0.6 is 0 Å². The number of carbonyl (C=O) groups excluding carboxylic acids is 2. The van der Waals surface area contributed by atoms with Gasteiger partial charge in [-0.15, -0.1) is 0 Å². The molecule has 0 amide bonds. The highest BCUT2D eigenvalue weighted by Gasteiger charge is 2.20. The van der Waals surface area contributed by atoms with Crippen LogP contribution in [0.3, 0.4) is 0 Å². The summed E-state index contributed by atoms with van der Waals surface area (Å²) in [5.74, 6) is 1.36. The molecule has 0 heterocycles. The smallest absolute Gasteiger partial charge is 0.142 e. The topological polar surface area (TPSA) is 55.4 Å². The second kappa shape index (κ2) is 18.4. The molecule has 0 spiro atoms. The highest BCUT2D eigenvalue weighted by Crippen LogP contribution is 2.29. The van der Waals surface area contributed by atoms with Crippen molar-refractivity contribution in [1.29, 1.82) is 0 Å². The van der Waals surface area contributed by atoms with Crippen LogP contribution in [0.4, 0.5) is 0 Å². The number of hydrogen-bond acceptors (Lipinski definition) is 4. The molecule has 2 rings (SSSR count). The molecule has 2 aliphatic carbocycles. The number of methoxy groups -OCH3 is 1. The molecular formula is C23H43NO3. The van der Waals surface area contributed by atoms with Crippen molar-refractivity contribution in [1.82, 2.24) is 5.32 Å². The molecule has 0 unspecified atom stereocenters. The van der Waals surface area contributed by atoms with Crippen LogP contribution in [0.2, 0.25) is 0 Å². The van der Waals surface area contributed by atoms with Gasteiger partial charge in [-0.2, -0.15) is 0 Å². The van der Waals surface area contributed by atoms with Crippen molar-refractivity contribution >= 4 is 12.6 Å². The second-order valence-electron chi connectivity index (χ2n) is 7.78. The minimum Gasteiger partial charge on any atom is -0.381 e. The molecule has 0 saturated heterocycles. The van der Waals surface area contributed by atoms with Gasteiger partial charge < -0.3 is 14.8 Å². The quantitative estimate of drug-likeness (QED) is 0.361. The first-order chi connectivity index (χ1) is 13.1. The third kappa shape index (κ3) is 13.8. The molecule has 27 heavy (non-hydrogen) atoms. The highest BCUT2D eigenvalue weighted by molar-refractivity contribution is 5.63. The van der Waals surface area contributed by atoms with Gasteiger partial charge >= 0.3 is 0 Å². The fraction of sp³-hybridized carbons (Fsp3) is 0.826. The summed E-state index contributed by atoms with van der Waals surface area (Å²) >= 11 is 0. The van der Waals surface area contributed by atoms with Crippen LogP contribution in [0.15, 0.2) is 12.7 Å². The fourth-order valence-corrected chi connectivity index (χ4v) is 3.88. The van der Waals surface area contributed by atoms with Crippen LogP contribution in [0.25, 0.3) is 0 Å². The van der Waals surface area contributed by atoms with Gasteiger partial charge in [0, 0.05) is 19.1 Å². The maximum absolute atomic E-state index is 10.3. The molecule has 0 aromatic heterocycles. The molecule has 158 valence electrons. The van der Waals surface area contributed by atoms with Crippen molar-refractivity contribution < 1.29 is 14.3 Å². The van der Waals surface area contributed by atoms with Gasteiger partial charge in [-0.1, -0.05) is 39.2 Å².